The molecule has 0 aliphatic carbocycles. The van der Waals surface area contributed by atoms with Crippen LogP contribution >= 0.6 is 15.9 Å². The Kier molecular flexibility index (Phi) is 4.69. The second kappa shape index (κ2) is 7.15. The van der Waals surface area contributed by atoms with E-state index in [-0.39, 0.29) is 5.56 Å². The van der Waals surface area contributed by atoms with Gasteiger partial charge in [0.05, 0.1) is 7.11 Å². The summed E-state index contributed by atoms with van der Waals surface area (Å²) in [4.78, 5) is 20.6. The fraction of sp³-hybridized carbons (Fsp3) is 0.333. The summed E-state index contributed by atoms with van der Waals surface area (Å²) >= 11 is 3.34. The maximum atomic E-state index is 13.1. The van der Waals surface area contributed by atoms with Gasteiger partial charge in [-0.05, 0) is 46.6 Å². The maximum absolute atomic E-state index is 13.1. The summed E-state index contributed by atoms with van der Waals surface area (Å²) in [6.45, 7) is 2.87. The molecule has 27 heavy (non-hydrogen) atoms. The number of H-pyrrole nitrogens is 1. The molecule has 0 aliphatic heterocycles. The van der Waals surface area contributed by atoms with Crippen molar-refractivity contribution in [3.8, 4) is 17.1 Å². The first-order valence-electron chi connectivity index (χ1n) is 8.81. The molecule has 0 bridgehead atoms. The molecule has 3 heterocycles. The summed E-state index contributed by atoms with van der Waals surface area (Å²) in [7, 11) is 1.61. The second-order valence-corrected chi connectivity index (χ2v) is 7.03. The van der Waals surface area contributed by atoms with Crippen molar-refractivity contribution < 1.29 is 4.74 Å². The number of fused-ring (bicyclic) bond motifs is 2. The molecule has 0 atom stereocenters. The number of aryl methyl sites for hydroxylation is 1. The summed E-state index contributed by atoms with van der Waals surface area (Å²) < 4.78 is 9.22. The molecule has 0 amide bonds. The van der Waals surface area contributed by atoms with E-state index in [9.17, 15) is 4.79 Å². The molecule has 0 unspecified atom stereocenters. The second-order valence-electron chi connectivity index (χ2n) is 6.28. The predicted molar refractivity (Wildman–Crippen MR) is 106 cm³/mol. The van der Waals surface area contributed by atoms with E-state index in [1.54, 1.807) is 11.5 Å². The fourth-order valence-corrected chi connectivity index (χ4v) is 3.54. The Morgan fingerprint density at radius 3 is 2.67 bits per heavy atom. The number of benzene rings is 1. The standard InChI is InChI=1S/C18H19BrN6O2/c1-3-4-5-10-24-15-13(20-17(19)21-15)16(26)25-14(22-23-18(24)25)11-6-8-12(27-2)9-7-11/h6-9H,3-5,10H2,1-2H3,(H,20,21). The van der Waals surface area contributed by atoms with Gasteiger partial charge in [0.15, 0.2) is 21.7 Å². The molecule has 4 rings (SSSR count). The molecular weight excluding hydrogens is 412 g/mol. The minimum Gasteiger partial charge on any atom is -0.497 e. The highest BCUT2D eigenvalue weighted by molar-refractivity contribution is 9.10. The van der Waals surface area contributed by atoms with Gasteiger partial charge in [-0.15, -0.1) is 10.2 Å². The zero-order valence-electron chi connectivity index (χ0n) is 15.1. The lowest BCUT2D eigenvalue weighted by Crippen LogP contribution is -2.20. The molecular formula is C18H19BrN6O2. The van der Waals surface area contributed by atoms with Crippen molar-refractivity contribution in [1.82, 2.24) is 29.1 Å². The Hall–Kier alpha value is -2.68. The van der Waals surface area contributed by atoms with Crippen molar-refractivity contribution in [3.63, 3.8) is 0 Å². The van der Waals surface area contributed by atoms with E-state index < -0.39 is 0 Å². The first kappa shape index (κ1) is 17.7. The third kappa shape index (κ3) is 3.01. The molecule has 1 N–H and O–H groups in total. The third-order valence-corrected chi connectivity index (χ3v) is 4.92. The van der Waals surface area contributed by atoms with Gasteiger partial charge in [-0.1, -0.05) is 19.8 Å². The van der Waals surface area contributed by atoms with Crippen molar-refractivity contribution in [2.45, 2.75) is 32.7 Å². The SMILES string of the molecule is CCCCCn1c2nc(Br)[nH]c2c(=O)n2c(-c3ccc(OC)cc3)nnc12. The first-order chi connectivity index (χ1) is 13.1. The summed E-state index contributed by atoms with van der Waals surface area (Å²) in [6, 6.07) is 7.40. The van der Waals surface area contributed by atoms with Crippen molar-refractivity contribution >= 4 is 32.9 Å². The lowest BCUT2D eigenvalue weighted by atomic mass is 10.2. The minimum absolute atomic E-state index is 0.222. The summed E-state index contributed by atoms with van der Waals surface area (Å²) in [6.07, 6.45) is 3.16. The highest BCUT2D eigenvalue weighted by Gasteiger charge is 2.20. The summed E-state index contributed by atoms with van der Waals surface area (Å²) in [5.41, 5.74) is 1.59. The van der Waals surface area contributed by atoms with Crippen molar-refractivity contribution in [2.24, 2.45) is 0 Å². The van der Waals surface area contributed by atoms with Crippen molar-refractivity contribution in [2.75, 3.05) is 7.11 Å². The third-order valence-electron chi connectivity index (χ3n) is 4.55. The average Bonchev–Trinajstić information content (AvgIpc) is 3.29. The van der Waals surface area contributed by atoms with Crippen LogP contribution in [-0.4, -0.2) is 36.2 Å². The Balaban J connectivity index is 1.96. The Morgan fingerprint density at radius 2 is 1.96 bits per heavy atom. The van der Waals surface area contributed by atoms with Gasteiger partial charge in [-0.2, -0.15) is 0 Å². The van der Waals surface area contributed by atoms with E-state index in [2.05, 4.69) is 43.0 Å². The summed E-state index contributed by atoms with van der Waals surface area (Å²) in [5.74, 6) is 1.73. The molecule has 1 aromatic carbocycles. The topological polar surface area (TPSA) is 90.1 Å². The van der Waals surface area contributed by atoms with E-state index in [1.165, 1.54) is 0 Å². The highest BCUT2D eigenvalue weighted by Crippen LogP contribution is 2.23. The molecule has 3 aromatic heterocycles. The fourth-order valence-electron chi connectivity index (χ4n) is 3.18. The first-order valence-corrected chi connectivity index (χ1v) is 9.61. The Morgan fingerprint density at radius 1 is 1.19 bits per heavy atom. The monoisotopic (exact) mass is 430 g/mol. The van der Waals surface area contributed by atoms with Gasteiger partial charge in [0.1, 0.15) is 5.75 Å². The highest BCUT2D eigenvalue weighted by atomic mass is 79.9. The number of aromatic nitrogens is 6. The van der Waals surface area contributed by atoms with Gasteiger partial charge in [-0.3, -0.25) is 9.36 Å². The van der Waals surface area contributed by atoms with Gasteiger partial charge >= 0.3 is 0 Å². The lowest BCUT2D eigenvalue weighted by molar-refractivity contribution is 0.415. The van der Waals surface area contributed by atoms with E-state index in [1.807, 2.05) is 28.8 Å². The number of methoxy groups -OCH3 is 1. The van der Waals surface area contributed by atoms with Crippen molar-refractivity contribution in [3.05, 3.63) is 39.4 Å². The molecule has 0 fully saturated rings. The van der Waals surface area contributed by atoms with Crippen LogP contribution in [-0.2, 0) is 6.54 Å². The predicted octanol–water partition coefficient (Wildman–Crippen LogP) is 3.40. The number of rotatable bonds is 6. The van der Waals surface area contributed by atoms with E-state index >= 15 is 0 Å². The van der Waals surface area contributed by atoms with Gasteiger partial charge in [0, 0.05) is 12.1 Å². The number of hydrogen-bond donors (Lipinski definition) is 1. The lowest BCUT2D eigenvalue weighted by Gasteiger charge is -2.09. The largest absolute Gasteiger partial charge is 0.497 e. The number of aromatic amines is 1. The van der Waals surface area contributed by atoms with Crippen LogP contribution in [0, 0.1) is 0 Å². The molecule has 4 aromatic rings. The van der Waals surface area contributed by atoms with Crippen LogP contribution in [0.3, 0.4) is 0 Å². The number of hydrogen-bond acceptors (Lipinski definition) is 5. The maximum Gasteiger partial charge on any atom is 0.286 e. The van der Waals surface area contributed by atoms with Gasteiger partial charge < -0.3 is 9.72 Å². The number of nitrogens with one attached hydrogen (secondary N) is 1. The molecule has 0 aliphatic rings. The van der Waals surface area contributed by atoms with Gasteiger partial charge in [-0.25, -0.2) is 9.38 Å². The quantitative estimate of drug-likeness (QED) is 0.373. The number of unbranched alkanes of at least 4 members (excludes halogenated alkanes) is 2. The van der Waals surface area contributed by atoms with Crippen LogP contribution in [0.15, 0.2) is 33.8 Å². The van der Waals surface area contributed by atoms with Crippen LogP contribution in [0.4, 0.5) is 0 Å². The molecule has 0 radical (unpaired) electrons. The zero-order valence-corrected chi connectivity index (χ0v) is 16.7. The van der Waals surface area contributed by atoms with Crippen LogP contribution in [0.25, 0.3) is 28.3 Å². The van der Waals surface area contributed by atoms with Crippen LogP contribution in [0.1, 0.15) is 26.2 Å². The van der Waals surface area contributed by atoms with Gasteiger partial charge in [0.25, 0.3) is 5.56 Å². The normalized spacial score (nSPS) is 11.5. The van der Waals surface area contributed by atoms with Crippen LogP contribution in [0.2, 0.25) is 0 Å². The number of imidazole rings is 1. The van der Waals surface area contributed by atoms with Gasteiger partial charge in [0.2, 0.25) is 5.78 Å². The smallest absolute Gasteiger partial charge is 0.286 e. The van der Waals surface area contributed by atoms with Crippen LogP contribution in [0.5, 0.6) is 5.75 Å². The molecule has 9 heteroatoms. The Labute approximate surface area is 163 Å². The molecule has 0 saturated heterocycles. The number of ether oxygens (including phenoxy) is 1. The average molecular weight is 431 g/mol. The Bertz CT molecular complexity index is 1160. The van der Waals surface area contributed by atoms with E-state index in [4.69, 9.17) is 4.74 Å². The molecule has 140 valence electrons. The minimum atomic E-state index is -0.222. The van der Waals surface area contributed by atoms with Crippen molar-refractivity contribution in [1.29, 1.82) is 0 Å². The van der Waals surface area contributed by atoms with E-state index in [0.29, 0.717) is 34.0 Å². The van der Waals surface area contributed by atoms with E-state index in [0.717, 1.165) is 30.6 Å². The molecule has 8 nitrogen and oxygen atoms in total. The number of nitrogens with zero attached hydrogens (tertiary/aromatic N) is 5. The zero-order chi connectivity index (χ0) is 19.0. The van der Waals surface area contributed by atoms with Crippen LogP contribution < -0.4 is 10.3 Å². The molecule has 0 saturated carbocycles. The summed E-state index contributed by atoms with van der Waals surface area (Å²) in [5, 5.41) is 8.61. The number of halogens is 1. The molecule has 0 spiro atoms.